The van der Waals surface area contributed by atoms with Gasteiger partial charge in [0.15, 0.2) is 0 Å². The van der Waals surface area contributed by atoms with Crippen LogP contribution in [-0.4, -0.2) is 3.92 Å². The minimum absolute atomic E-state index is 0.668. The van der Waals surface area contributed by atoms with Gasteiger partial charge in [0.25, 0.3) is 0 Å². The maximum atomic E-state index is 2.50. The second-order valence-corrected chi connectivity index (χ2v) is 5.22. The average Bonchev–Trinajstić information content (AvgIpc) is 2.25. The highest BCUT2D eigenvalue weighted by Gasteiger charge is 2.09. The van der Waals surface area contributed by atoms with Gasteiger partial charge in [0.05, 0.1) is 0 Å². The first-order chi connectivity index (χ1) is 6.25. The molecule has 68 valence electrons. The van der Waals surface area contributed by atoms with Crippen LogP contribution in [0.2, 0.25) is 0 Å². The van der Waals surface area contributed by atoms with Gasteiger partial charge in [-0.3, -0.25) is 0 Å². The van der Waals surface area contributed by atoms with Crippen LogP contribution in [0.5, 0.6) is 0 Å². The normalized spacial score (nSPS) is 20.9. The fraction of sp³-hybridized carbons (Fsp3) is 0.333. The molecule has 1 aromatic rings. The smallest absolute Gasteiger partial charge is 0.0330 e. The summed E-state index contributed by atoms with van der Waals surface area (Å²) in [5, 5.41) is 0. The van der Waals surface area contributed by atoms with E-state index in [1.54, 1.807) is 0 Å². The van der Waals surface area contributed by atoms with Crippen molar-refractivity contribution in [2.75, 3.05) is 0 Å². The number of benzene rings is 1. The fourth-order valence-electron chi connectivity index (χ4n) is 1.76. The Morgan fingerprint density at radius 2 is 2.15 bits per heavy atom. The van der Waals surface area contributed by atoms with Gasteiger partial charge in [0.2, 0.25) is 0 Å². The van der Waals surface area contributed by atoms with Crippen molar-refractivity contribution in [1.29, 1.82) is 0 Å². The molecular formula is C12H13I. The van der Waals surface area contributed by atoms with E-state index in [2.05, 4.69) is 59.9 Å². The molecule has 0 aromatic heterocycles. The van der Waals surface area contributed by atoms with Crippen molar-refractivity contribution in [1.82, 2.24) is 0 Å². The van der Waals surface area contributed by atoms with Gasteiger partial charge < -0.3 is 0 Å². The lowest BCUT2D eigenvalue weighted by atomic mass is 10.0. The fourth-order valence-corrected chi connectivity index (χ4v) is 2.53. The molecule has 0 saturated carbocycles. The Kier molecular flexibility index (Phi) is 2.72. The monoisotopic (exact) mass is 284 g/mol. The highest BCUT2D eigenvalue weighted by atomic mass is 127. The Morgan fingerprint density at radius 1 is 1.31 bits per heavy atom. The topological polar surface area (TPSA) is 0 Å². The first-order valence-corrected chi connectivity index (χ1v) is 5.89. The second kappa shape index (κ2) is 3.82. The lowest BCUT2D eigenvalue weighted by Gasteiger charge is -2.07. The molecule has 1 atom stereocenters. The summed E-state index contributed by atoms with van der Waals surface area (Å²) in [6, 6.07) is 6.81. The number of hydrogen-bond acceptors (Lipinski definition) is 0. The molecule has 0 amide bonds. The van der Waals surface area contributed by atoms with E-state index in [4.69, 9.17) is 0 Å². The molecule has 0 N–H and O–H groups in total. The van der Waals surface area contributed by atoms with Gasteiger partial charge in [-0.1, -0.05) is 58.5 Å². The predicted octanol–water partition coefficient (Wildman–Crippen LogP) is 3.45. The SMILES string of the molecule is Cc1ccc2c(c1)CC=CC(I)C2. The Balaban J connectivity index is 2.40. The average molecular weight is 284 g/mol. The van der Waals surface area contributed by atoms with Crippen molar-refractivity contribution >= 4 is 22.6 Å². The Morgan fingerprint density at radius 3 is 3.00 bits per heavy atom. The minimum atomic E-state index is 0.668. The Hall–Kier alpha value is -0.310. The van der Waals surface area contributed by atoms with E-state index in [1.165, 1.54) is 23.1 Å². The largest absolute Gasteiger partial charge is 0.0831 e. The van der Waals surface area contributed by atoms with Crippen LogP contribution in [0.1, 0.15) is 16.7 Å². The molecule has 0 heterocycles. The molecule has 1 heteroatoms. The summed E-state index contributed by atoms with van der Waals surface area (Å²) >= 11 is 2.50. The van der Waals surface area contributed by atoms with E-state index >= 15 is 0 Å². The van der Waals surface area contributed by atoms with E-state index in [-0.39, 0.29) is 0 Å². The third-order valence-electron chi connectivity index (χ3n) is 2.46. The molecule has 0 spiro atoms. The number of allylic oxidation sites excluding steroid dienone is 2. The first kappa shape index (κ1) is 9.25. The Labute approximate surface area is 93.2 Å². The van der Waals surface area contributed by atoms with Gasteiger partial charge in [-0.25, -0.2) is 0 Å². The van der Waals surface area contributed by atoms with Crippen LogP contribution in [0.15, 0.2) is 30.4 Å². The lowest BCUT2D eigenvalue weighted by Crippen LogP contribution is -1.98. The van der Waals surface area contributed by atoms with Crippen LogP contribution >= 0.6 is 22.6 Å². The second-order valence-electron chi connectivity index (χ2n) is 3.62. The highest BCUT2D eigenvalue weighted by Crippen LogP contribution is 2.21. The van der Waals surface area contributed by atoms with E-state index in [0.717, 1.165) is 6.42 Å². The molecule has 0 fully saturated rings. The van der Waals surface area contributed by atoms with Gasteiger partial charge in [-0.15, -0.1) is 0 Å². The van der Waals surface area contributed by atoms with E-state index in [9.17, 15) is 0 Å². The zero-order valence-electron chi connectivity index (χ0n) is 7.76. The van der Waals surface area contributed by atoms with E-state index in [1.807, 2.05) is 0 Å². The summed E-state index contributed by atoms with van der Waals surface area (Å²) in [7, 11) is 0. The van der Waals surface area contributed by atoms with Gasteiger partial charge in [-0.2, -0.15) is 0 Å². The maximum Gasteiger partial charge on any atom is 0.0330 e. The van der Waals surface area contributed by atoms with E-state index in [0.29, 0.717) is 3.92 Å². The van der Waals surface area contributed by atoms with Crippen molar-refractivity contribution in [3.63, 3.8) is 0 Å². The molecule has 1 aliphatic rings. The van der Waals surface area contributed by atoms with Crippen LogP contribution in [-0.2, 0) is 12.8 Å². The molecule has 0 saturated heterocycles. The van der Waals surface area contributed by atoms with Crippen LogP contribution in [0.3, 0.4) is 0 Å². The van der Waals surface area contributed by atoms with E-state index < -0.39 is 0 Å². The van der Waals surface area contributed by atoms with Crippen molar-refractivity contribution < 1.29 is 0 Å². The molecule has 0 aliphatic heterocycles. The van der Waals surface area contributed by atoms with Crippen molar-refractivity contribution in [2.24, 2.45) is 0 Å². The summed E-state index contributed by atoms with van der Waals surface area (Å²) in [4.78, 5) is 0. The number of halogens is 1. The number of aryl methyl sites for hydroxylation is 1. The standard InChI is InChI=1S/C12H13I/c1-9-5-6-11-8-12(13)4-2-3-10(11)7-9/h2,4-7,12H,3,8H2,1H3. The number of rotatable bonds is 0. The molecule has 1 aromatic carbocycles. The van der Waals surface area contributed by atoms with Crippen molar-refractivity contribution in [2.45, 2.75) is 23.7 Å². The van der Waals surface area contributed by atoms with Crippen LogP contribution in [0.25, 0.3) is 0 Å². The van der Waals surface area contributed by atoms with Crippen molar-refractivity contribution in [3.8, 4) is 0 Å². The third kappa shape index (κ3) is 2.13. The van der Waals surface area contributed by atoms with Crippen LogP contribution in [0.4, 0.5) is 0 Å². The molecular weight excluding hydrogens is 271 g/mol. The molecule has 1 unspecified atom stereocenters. The lowest BCUT2D eigenvalue weighted by molar-refractivity contribution is 1.04. The molecule has 1 aliphatic carbocycles. The van der Waals surface area contributed by atoms with Gasteiger partial charge in [0, 0.05) is 3.92 Å². The summed E-state index contributed by atoms with van der Waals surface area (Å²) in [6.07, 6.45) is 6.90. The molecule has 13 heavy (non-hydrogen) atoms. The quantitative estimate of drug-likeness (QED) is 0.389. The zero-order chi connectivity index (χ0) is 9.26. The predicted molar refractivity (Wildman–Crippen MR) is 65.5 cm³/mol. The summed E-state index contributed by atoms with van der Waals surface area (Å²) in [5.41, 5.74) is 4.41. The minimum Gasteiger partial charge on any atom is -0.0831 e. The summed E-state index contributed by atoms with van der Waals surface area (Å²) < 4.78 is 0.668. The number of fused-ring (bicyclic) bond motifs is 1. The van der Waals surface area contributed by atoms with Crippen LogP contribution in [0, 0.1) is 6.92 Å². The zero-order valence-corrected chi connectivity index (χ0v) is 9.91. The Bertz CT molecular complexity index is 339. The van der Waals surface area contributed by atoms with Crippen molar-refractivity contribution in [3.05, 3.63) is 47.0 Å². The maximum absolute atomic E-state index is 2.50. The molecule has 2 rings (SSSR count). The molecule has 0 radical (unpaired) electrons. The third-order valence-corrected chi connectivity index (χ3v) is 3.31. The first-order valence-electron chi connectivity index (χ1n) is 4.65. The van der Waals surface area contributed by atoms with Gasteiger partial charge >= 0.3 is 0 Å². The van der Waals surface area contributed by atoms with Crippen LogP contribution < -0.4 is 0 Å². The molecule has 0 nitrogen and oxygen atoms in total. The molecule has 0 bridgehead atoms. The number of alkyl halides is 1. The number of hydrogen-bond donors (Lipinski definition) is 0. The summed E-state index contributed by atoms with van der Waals surface area (Å²) in [6.45, 7) is 2.16. The van der Waals surface area contributed by atoms with Gasteiger partial charge in [-0.05, 0) is 30.9 Å². The summed E-state index contributed by atoms with van der Waals surface area (Å²) in [5.74, 6) is 0. The van der Waals surface area contributed by atoms with Gasteiger partial charge in [0.1, 0.15) is 0 Å². The highest BCUT2D eigenvalue weighted by molar-refractivity contribution is 14.1.